The molecule has 0 unspecified atom stereocenters. The van der Waals surface area contributed by atoms with Gasteiger partial charge in [0.2, 0.25) is 5.91 Å². The van der Waals surface area contributed by atoms with Crippen molar-refractivity contribution in [1.82, 2.24) is 20.0 Å². The van der Waals surface area contributed by atoms with Gasteiger partial charge in [0.05, 0.1) is 5.69 Å². The second kappa shape index (κ2) is 7.95. The lowest BCUT2D eigenvalue weighted by atomic mass is 10.1. The number of aryl methyl sites for hydroxylation is 3. The Morgan fingerprint density at radius 3 is 2.77 bits per heavy atom. The standard InChI is InChI=1S/C19H22N4O3/c1-3-15-17-18(26-22-15)21-13(2)23(19(17)25)12-16(24)20-11-7-10-14-8-5-4-6-9-14/h4-6,8-9H,3,7,10-12H2,1-2H3,(H,20,24). The summed E-state index contributed by atoms with van der Waals surface area (Å²) in [5.74, 6) is 0.222. The van der Waals surface area contributed by atoms with E-state index in [0.717, 1.165) is 12.8 Å². The summed E-state index contributed by atoms with van der Waals surface area (Å²) >= 11 is 0. The molecule has 26 heavy (non-hydrogen) atoms. The topological polar surface area (TPSA) is 90.0 Å². The second-order valence-corrected chi connectivity index (χ2v) is 6.15. The van der Waals surface area contributed by atoms with Crippen LogP contribution in [-0.4, -0.2) is 27.2 Å². The van der Waals surface area contributed by atoms with Gasteiger partial charge < -0.3 is 9.84 Å². The van der Waals surface area contributed by atoms with Gasteiger partial charge in [0, 0.05) is 6.54 Å². The van der Waals surface area contributed by atoms with Crippen LogP contribution in [0.15, 0.2) is 39.6 Å². The molecule has 3 rings (SSSR count). The summed E-state index contributed by atoms with van der Waals surface area (Å²) in [5.41, 5.74) is 1.74. The smallest absolute Gasteiger partial charge is 0.267 e. The Morgan fingerprint density at radius 2 is 2.04 bits per heavy atom. The fraction of sp³-hybridized carbons (Fsp3) is 0.368. The molecule has 1 amide bonds. The lowest BCUT2D eigenvalue weighted by Crippen LogP contribution is -2.34. The summed E-state index contributed by atoms with van der Waals surface area (Å²) in [6.45, 7) is 4.07. The highest BCUT2D eigenvalue weighted by molar-refractivity contribution is 5.78. The third kappa shape index (κ3) is 3.82. The number of aromatic nitrogens is 3. The van der Waals surface area contributed by atoms with Gasteiger partial charge in [-0.05, 0) is 31.7 Å². The lowest BCUT2D eigenvalue weighted by molar-refractivity contribution is -0.121. The first-order chi connectivity index (χ1) is 12.6. The molecule has 3 aromatic rings. The molecular formula is C19H22N4O3. The number of carbonyl (C=O) groups is 1. The van der Waals surface area contributed by atoms with Gasteiger partial charge in [0.25, 0.3) is 11.3 Å². The molecule has 0 saturated heterocycles. The Labute approximate surface area is 151 Å². The average Bonchev–Trinajstić information content (AvgIpc) is 3.06. The zero-order valence-electron chi connectivity index (χ0n) is 15.0. The monoisotopic (exact) mass is 354 g/mol. The average molecular weight is 354 g/mol. The van der Waals surface area contributed by atoms with Gasteiger partial charge in [-0.25, -0.2) is 0 Å². The van der Waals surface area contributed by atoms with Crippen molar-refractivity contribution in [2.45, 2.75) is 39.7 Å². The molecule has 1 N–H and O–H groups in total. The van der Waals surface area contributed by atoms with Gasteiger partial charge >= 0.3 is 0 Å². The molecule has 0 spiro atoms. The van der Waals surface area contributed by atoms with Gasteiger partial charge in [-0.15, -0.1) is 0 Å². The SMILES string of the molecule is CCc1noc2nc(C)n(CC(=O)NCCCc3ccccc3)c(=O)c12. The number of nitrogens with one attached hydrogen (secondary N) is 1. The molecule has 0 bridgehead atoms. The van der Waals surface area contributed by atoms with Crippen LogP contribution in [0.3, 0.4) is 0 Å². The van der Waals surface area contributed by atoms with E-state index in [4.69, 9.17) is 4.52 Å². The van der Waals surface area contributed by atoms with Crippen LogP contribution in [0.25, 0.3) is 11.1 Å². The Hall–Kier alpha value is -2.96. The van der Waals surface area contributed by atoms with E-state index in [1.165, 1.54) is 10.1 Å². The molecule has 0 fully saturated rings. The summed E-state index contributed by atoms with van der Waals surface area (Å²) in [6.07, 6.45) is 2.30. The van der Waals surface area contributed by atoms with Crippen LogP contribution < -0.4 is 10.9 Å². The van der Waals surface area contributed by atoms with Crippen molar-refractivity contribution < 1.29 is 9.32 Å². The molecule has 7 heteroatoms. The molecule has 0 aliphatic rings. The zero-order valence-corrected chi connectivity index (χ0v) is 15.0. The largest absolute Gasteiger partial charge is 0.355 e. The van der Waals surface area contributed by atoms with E-state index in [2.05, 4.69) is 27.6 Å². The predicted molar refractivity (Wildman–Crippen MR) is 98.0 cm³/mol. The normalized spacial score (nSPS) is 11.0. The maximum absolute atomic E-state index is 12.7. The number of carbonyl (C=O) groups excluding carboxylic acids is 1. The molecule has 0 radical (unpaired) electrons. The van der Waals surface area contributed by atoms with E-state index in [1.807, 2.05) is 25.1 Å². The Bertz CT molecular complexity index is 960. The van der Waals surface area contributed by atoms with Gasteiger partial charge in [-0.3, -0.25) is 14.2 Å². The van der Waals surface area contributed by atoms with Crippen LogP contribution in [0.4, 0.5) is 0 Å². The van der Waals surface area contributed by atoms with E-state index >= 15 is 0 Å². The Kier molecular flexibility index (Phi) is 5.46. The molecule has 0 atom stereocenters. The van der Waals surface area contributed by atoms with Crippen LogP contribution in [0.5, 0.6) is 0 Å². The maximum atomic E-state index is 12.7. The summed E-state index contributed by atoms with van der Waals surface area (Å²) < 4.78 is 6.47. The number of hydrogen-bond donors (Lipinski definition) is 1. The number of rotatable bonds is 7. The van der Waals surface area contributed by atoms with E-state index in [0.29, 0.717) is 29.9 Å². The van der Waals surface area contributed by atoms with E-state index in [1.54, 1.807) is 6.92 Å². The van der Waals surface area contributed by atoms with Crippen molar-refractivity contribution in [3.63, 3.8) is 0 Å². The number of nitrogens with zero attached hydrogens (tertiary/aromatic N) is 3. The van der Waals surface area contributed by atoms with E-state index in [9.17, 15) is 9.59 Å². The van der Waals surface area contributed by atoms with Gasteiger partial charge in [-0.1, -0.05) is 42.4 Å². The number of fused-ring (bicyclic) bond motifs is 1. The molecule has 1 aromatic carbocycles. The molecule has 2 heterocycles. The number of amides is 1. The molecule has 7 nitrogen and oxygen atoms in total. The van der Waals surface area contributed by atoms with Gasteiger partial charge in [0.15, 0.2) is 0 Å². The van der Waals surface area contributed by atoms with Crippen molar-refractivity contribution in [3.05, 3.63) is 57.8 Å². The van der Waals surface area contributed by atoms with Gasteiger partial charge in [0.1, 0.15) is 17.8 Å². The fourth-order valence-corrected chi connectivity index (χ4v) is 2.89. The Balaban J connectivity index is 1.63. The first-order valence-corrected chi connectivity index (χ1v) is 8.76. The third-order valence-electron chi connectivity index (χ3n) is 4.30. The first-order valence-electron chi connectivity index (χ1n) is 8.76. The summed E-state index contributed by atoms with van der Waals surface area (Å²) in [5, 5.41) is 7.09. The fourth-order valence-electron chi connectivity index (χ4n) is 2.89. The molecule has 0 aliphatic heterocycles. The Morgan fingerprint density at radius 1 is 1.27 bits per heavy atom. The van der Waals surface area contributed by atoms with E-state index in [-0.39, 0.29) is 23.7 Å². The quantitative estimate of drug-likeness (QED) is 0.656. The van der Waals surface area contributed by atoms with Crippen LogP contribution in [0.2, 0.25) is 0 Å². The predicted octanol–water partition coefficient (Wildman–Crippen LogP) is 2.00. The molecular weight excluding hydrogens is 332 g/mol. The van der Waals surface area contributed by atoms with Crippen LogP contribution in [0.1, 0.15) is 30.4 Å². The summed E-state index contributed by atoms with van der Waals surface area (Å²) in [7, 11) is 0. The van der Waals surface area contributed by atoms with Crippen LogP contribution in [0, 0.1) is 6.92 Å². The summed E-state index contributed by atoms with van der Waals surface area (Å²) in [6, 6.07) is 10.1. The second-order valence-electron chi connectivity index (χ2n) is 6.15. The van der Waals surface area contributed by atoms with Crippen LogP contribution in [-0.2, 0) is 24.2 Å². The highest BCUT2D eigenvalue weighted by Crippen LogP contribution is 2.13. The van der Waals surface area contributed by atoms with Crippen molar-refractivity contribution in [1.29, 1.82) is 0 Å². The van der Waals surface area contributed by atoms with Crippen LogP contribution >= 0.6 is 0 Å². The minimum Gasteiger partial charge on any atom is -0.355 e. The molecule has 0 saturated carbocycles. The number of benzene rings is 1. The van der Waals surface area contributed by atoms with Gasteiger partial charge in [-0.2, -0.15) is 4.98 Å². The van der Waals surface area contributed by atoms with E-state index < -0.39 is 0 Å². The lowest BCUT2D eigenvalue weighted by Gasteiger charge is -2.10. The number of hydrogen-bond acceptors (Lipinski definition) is 5. The molecule has 0 aliphatic carbocycles. The highest BCUT2D eigenvalue weighted by Gasteiger charge is 2.17. The van der Waals surface area contributed by atoms with Crippen molar-refractivity contribution in [2.24, 2.45) is 0 Å². The minimum atomic E-state index is -0.287. The van der Waals surface area contributed by atoms with Crippen molar-refractivity contribution in [2.75, 3.05) is 6.54 Å². The third-order valence-corrected chi connectivity index (χ3v) is 4.30. The molecule has 136 valence electrons. The zero-order chi connectivity index (χ0) is 18.5. The maximum Gasteiger partial charge on any atom is 0.267 e. The highest BCUT2D eigenvalue weighted by atomic mass is 16.5. The summed E-state index contributed by atoms with van der Waals surface area (Å²) in [4.78, 5) is 29.2. The minimum absolute atomic E-state index is 0.0622. The molecule has 2 aromatic heterocycles. The van der Waals surface area contributed by atoms with Crippen molar-refractivity contribution >= 4 is 17.0 Å². The first kappa shape index (κ1) is 17.8. The van der Waals surface area contributed by atoms with Crippen molar-refractivity contribution in [3.8, 4) is 0 Å².